The molecule has 1 fully saturated rings. The molecule has 1 amide bonds. The first kappa shape index (κ1) is 20.3. The standard InChI is InChI=1S/C20H26N6OS/c1-3-13-26-18(16-7-11-22-12-8-16)23-24-19(26)28-14-17(27)25(2)20(15-21)9-5-4-6-10-20/h7-8,11-12H,3-6,9-10,13-14H2,1-2H3. The highest BCUT2D eigenvalue weighted by Gasteiger charge is 2.38. The van der Waals surface area contributed by atoms with Crippen molar-refractivity contribution in [3.63, 3.8) is 0 Å². The molecule has 0 atom stereocenters. The molecule has 7 nitrogen and oxygen atoms in total. The Balaban J connectivity index is 1.73. The maximum atomic E-state index is 12.8. The van der Waals surface area contributed by atoms with Crippen molar-refractivity contribution in [2.45, 2.75) is 62.7 Å². The summed E-state index contributed by atoms with van der Waals surface area (Å²) in [4.78, 5) is 18.5. The maximum Gasteiger partial charge on any atom is 0.234 e. The molecular formula is C20H26N6OS. The molecule has 0 unspecified atom stereocenters. The highest BCUT2D eigenvalue weighted by Crippen LogP contribution is 2.33. The van der Waals surface area contributed by atoms with E-state index in [1.54, 1.807) is 24.3 Å². The molecule has 0 spiro atoms. The minimum Gasteiger partial charge on any atom is -0.326 e. The van der Waals surface area contributed by atoms with E-state index in [-0.39, 0.29) is 11.7 Å². The van der Waals surface area contributed by atoms with E-state index < -0.39 is 5.54 Å². The molecule has 148 valence electrons. The molecular weight excluding hydrogens is 372 g/mol. The molecule has 1 aliphatic rings. The Morgan fingerprint density at radius 1 is 1.29 bits per heavy atom. The average Bonchev–Trinajstić information content (AvgIpc) is 3.15. The Labute approximate surface area is 170 Å². The zero-order valence-electron chi connectivity index (χ0n) is 16.5. The Bertz CT molecular complexity index is 838. The summed E-state index contributed by atoms with van der Waals surface area (Å²) >= 11 is 1.39. The molecule has 2 heterocycles. The number of pyridine rings is 1. The van der Waals surface area contributed by atoms with Crippen molar-refractivity contribution >= 4 is 17.7 Å². The zero-order chi connectivity index (χ0) is 20.0. The van der Waals surface area contributed by atoms with E-state index in [9.17, 15) is 10.1 Å². The van der Waals surface area contributed by atoms with E-state index in [0.29, 0.717) is 0 Å². The van der Waals surface area contributed by atoms with Gasteiger partial charge < -0.3 is 9.47 Å². The number of carbonyl (C=O) groups excluding carboxylic acids is 1. The molecule has 2 aromatic heterocycles. The second-order valence-electron chi connectivity index (χ2n) is 7.14. The van der Waals surface area contributed by atoms with Gasteiger partial charge in [0.25, 0.3) is 0 Å². The van der Waals surface area contributed by atoms with E-state index in [4.69, 9.17) is 0 Å². The molecule has 0 bridgehead atoms. The predicted octanol–water partition coefficient (Wildman–Crippen LogP) is 3.53. The van der Waals surface area contributed by atoms with Crippen LogP contribution in [0.4, 0.5) is 0 Å². The van der Waals surface area contributed by atoms with Crippen LogP contribution in [0.3, 0.4) is 0 Å². The minimum atomic E-state index is -0.658. The number of hydrogen-bond acceptors (Lipinski definition) is 6. The van der Waals surface area contributed by atoms with Gasteiger partial charge in [-0.3, -0.25) is 9.78 Å². The van der Waals surface area contributed by atoms with Gasteiger partial charge in [0.15, 0.2) is 11.0 Å². The minimum absolute atomic E-state index is 0.0371. The van der Waals surface area contributed by atoms with Crippen LogP contribution >= 0.6 is 11.8 Å². The van der Waals surface area contributed by atoms with Gasteiger partial charge in [0.2, 0.25) is 5.91 Å². The number of hydrogen-bond donors (Lipinski definition) is 0. The third-order valence-electron chi connectivity index (χ3n) is 5.33. The van der Waals surface area contributed by atoms with Gasteiger partial charge >= 0.3 is 0 Å². The molecule has 2 aromatic rings. The number of carbonyl (C=O) groups is 1. The summed E-state index contributed by atoms with van der Waals surface area (Å²) in [5, 5.41) is 19.1. The van der Waals surface area contributed by atoms with E-state index >= 15 is 0 Å². The second kappa shape index (κ2) is 9.20. The van der Waals surface area contributed by atoms with Gasteiger partial charge in [0.1, 0.15) is 5.54 Å². The first-order valence-electron chi connectivity index (χ1n) is 9.75. The van der Waals surface area contributed by atoms with E-state index in [1.165, 1.54) is 11.8 Å². The van der Waals surface area contributed by atoms with Gasteiger partial charge in [-0.1, -0.05) is 37.9 Å². The Hall–Kier alpha value is -2.40. The van der Waals surface area contributed by atoms with Gasteiger partial charge in [-0.05, 0) is 31.4 Å². The van der Waals surface area contributed by atoms with Crippen LogP contribution in [0.25, 0.3) is 11.4 Å². The highest BCUT2D eigenvalue weighted by molar-refractivity contribution is 7.99. The van der Waals surface area contributed by atoms with Crippen LogP contribution in [-0.2, 0) is 11.3 Å². The fourth-order valence-electron chi connectivity index (χ4n) is 3.66. The fraction of sp³-hybridized carbons (Fsp3) is 0.550. The number of aromatic nitrogens is 4. The fourth-order valence-corrected chi connectivity index (χ4v) is 4.53. The molecule has 0 aromatic carbocycles. The second-order valence-corrected chi connectivity index (χ2v) is 8.08. The van der Waals surface area contributed by atoms with Crippen LogP contribution in [0.15, 0.2) is 29.7 Å². The highest BCUT2D eigenvalue weighted by atomic mass is 32.2. The molecule has 3 rings (SSSR count). The first-order chi connectivity index (χ1) is 13.6. The summed E-state index contributed by atoms with van der Waals surface area (Å²) < 4.78 is 2.05. The van der Waals surface area contributed by atoms with Crippen LogP contribution in [-0.4, -0.2) is 48.9 Å². The molecule has 1 aliphatic carbocycles. The molecule has 1 saturated carbocycles. The number of rotatable bonds is 7. The van der Waals surface area contributed by atoms with Crippen molar-refractivity contribution in [1.29, 1.82) is 5.26 Å². The van der Waals surface area contributed by atoms with Crippen LogP contribution in [0.1, 0.15) is 45.4 Å². The van der Waals surface area contributed by atoms with Crippen molar-refractivity contribution in [2.24, 2.45) is 0 Å². The lowest BCUT2D eigenvalue weighted by Gasteiger charge is -2.39. The summed E-state index contributed by atoms with van der Waals surface area (Å²) in [5.74, 6) is 0.997. The largest absolute Gasteiger partial charge is 0.326 e. The van der Waals surface area contributed by atoms with Crippen molar-refractivity contribution in [1.82, 2.24) is 24.6 Å². The van der Waals surface area contributed by atoms with Crippen molar-refractivity contribution < 1.29 is 4.79 Å². The monoisotopic (exact) mass is 398 g/mol. The number of nitriles is 1. The van der Waals surface area contributed by atoms with E-state index in [2.05, 4.69) is 28.2 Å². The zero-order valence-corrected chi connectivity index (χ0v) is 17.3. The first-order valence-corrected chi connectivity index (χ1v) is 10.7. The number of thioether (sulfide) groups is 1. The summed E-state index contributed by atoms with van der Waals surface area (Å²) in [7, 11) is 1.76. The normalized spacial score (nSPS) is 15.8. The predicted molar refractivity (Wildman–Crippen MR) is 108 cm³/mol. The summed E-state index contributed by atoms with van der Waals surface area (Å²) in [6.07, 6.45) is 9.06. The topological polar surface area (TPSA) is 87.7 Å². The number of nitrogens with zero attached hydrogens (tertiary/aromatic N) is 6. The maximum absolute atomic E-state index is 12.8. The van der Waals surface area contributed by atoms with Crippen molar-refractivity contribution in [2.75, 3.05) is 12.8 Å². The lowest BCUT2D eigenvalue weighted by Crippen LogP contribution is -2.50. The molecule has 8 heteroatoms. The van der Waals surface area contributed by atoms with Crippen molar-refractivity contribution in [3.05, 3.63) is 24.5 Å². The van der Waals surface area contributed by atoms with Gasteiger partial charge in [-0.2, -0.15) is 5.26 Å². The Morgan fingerprint density at radius 2 is 2.00 bits per heavy atom. The van der Waals surface area contributed by atoms with Crippen LogP contribution < -0.4 is 0 Å². The molecule has 0 saturated heterocycles. The van der Waals surface area contributed by atoms with E-state index in [0.717, 1.165) is 61.6 Å². The van der Waals surface area contributed by atoms with Crippen LogP contribution in [0.5, 0.6) is 0 Å². The van der Waals surface area contributed by atoms with Crippen LogP contribution in [0, 0.1) is 11.3 Å². The van der Waals surface area contributed by atoms with Gasteiger partial charge in [-0.15, -0.1) is 10.2 Å². The van der Waals surface area contributed by atoms with Gasteiger partial charge in [0.05, 0.1) is 11.8 Å². The smallest absolute Gasteiger partial charge is 0.234 e. The van der Waals surface area contributed by atoms with Gasteiger partial charge in [0, 0.05) is 31.5 Å². The molecule has 0 radical (unpaired) electrons. The Morgan fingerprint density at radius 3 is 2.64 bits per heavy atom. The average molecular weight is 399 g/mol. The summed E-state index contributed by atoms with van der Waals surface area (Å²) in [6.45, 7) is 2.88. The quantitative estimate of drug-likeness (QED) is 0.663. The van der Waals surface area contributed by atoms with Crippen molar-refractivity contribution in [3.8, 4) is 17.5 Å². The third-order valence-corrected chi connectivity index (χ3v) is 6.28. The Kier molecular flexibility index (Phi) is 6.68. The van der Waals surface area contributed by atoms with Crippen LogP contribution in [0.2, 0.25) is 0 Å². The van der Waals surface area contributed by atoms with E-state index in [1.807, 2.05) is 16.7 Å². The molecule has 28 heavy (non-hydrogen) atoms. The molecule has 0 N–H and O–H groups in total. The molecule has 0 aliphatic heterocycles. The lowest BCUT2D eigenvalue weighted by atomic mass is 9.81. The summed E-state index contributed by atoms with van der Waals surface area (Å²) in [5.41, 5.74) is 0.298. The van der Waals surface area contributed by atoms with Gasteiger partial charge in [-0.25, -0.2) is 0 Å². The number of amides is 1. The summed E-state index contributed by atoms with van der Waals surface area (Å²) in [6, 6.07) is 6.22. The third kappa shape index (κ3) is 4.20. The SMILES string of the molecule is CCCn1c(SCC(=O)N(C)C2(C#N)CCCCC2)nnc1-c1ccncc1. The lowest BCUT2D eigenvalue weighted by molar-refractivity contribution is -0.131.